The summed E-state index contributed by atoms with van der Waals surface area (Å²) in [6, 6.07) is 3.30. The van der Waals surface area contributed by atoms with Gasteiger partial charge in [0.1, 0.15) is 5.69 Å². The lowest BCUT2D eigenvalue weighted by Gasteiger charge is -2.12. The fourth-order valence-corrected chi connectivity index (χ4v) is 3.37. The van der Waals surface area contributed by atoms with Crippen LogP contribution in [0.3, 0.4) is 0 Å². The van der Waals surface area contributed by atoms with Crippen molar-refractivity contribution < 1.29 is 19.1 Å². The van der Waals surface area contributed by atoms with Crippen molar-refractivity contribution in [2.45, 2.75) is 33.6 Å². The molecule has 1 aliphatic heterocycles. The summed E-state index contributed by atoms with van der Waals surface area (Å²) in [5.74, 6) is 0.691. The van der Waals surface area contributed by atoms with Crippen LogP contribution in [0.15, 0.2) is 12.1 Å². The molecule has 7 heteroatoms. The summed E-state index contributed by atoms with van der Waals surface area (Å²) in [5, 5.41) is 3.16. The molecule has 0 saturated heterocycles. The van der Waals surface area contributed by atoms with E-state index in [2.05, 4.69) is 10.3 Å². The van der Waals surface area contributed by atoms with E-state index < -0.39 is 0 Å². The number of halogens is 1. The Hall–Kier alpha value is -2.47. The Morgan fingerprint density at radius 2 is 1.88 bits per heavy atom. The number of carbonyl (C=O) groups excluding carboxylic acids is 2. The summed E-state index contributed by atoms with van der Waals surface area (Å²) in [5.41, 5.74) is 2.77. The van der Waals surface area contributed by atoms with Gasteiger partial charge in [-0.25, -0.2) is 0 Å². The molecule has 2 aromatic rings. The molecule has 0 atom stereocenters. The Balaban J connectivity index is 1.93. The van der Waals surface area contributed by atoms with Crippen LogP contribution >= 0.6 is 11.6 Å². The minimum absolute atomic E-state index is 0.0664. The van der Waals surface area contributed by atoms with Crippen molar-refractivity contribution in [2.75, 3.05) is 18.5 Å². The first-order valence-corrected chi connectivity index (χ1v) is 8.93. The third-order valence-corrected chi connectivity index (χ3v) is 4.62. The van der Waals surface area contributed by atoms with Gasteiger partial charge in [0, 0.05) is 29.8 Å². The molecule has 1 aliphatic rings. The Morgan fingerprint density at radius 1 is 1.23 bits per heavy atom. The Bertz CT molecular complexity index is 873. The lowest BCUT2D eigenvalue weighted by atomic mass is 10.0. The van der Waals surface area contributed by atoms with Gasteiger partial charge in [0.05, 0.1) is 23.9 Å². The highest BCUT2D eigenvalue weighted by Crippen LogP contribution is 2.38. The number of aromatic nitrogens is 1. The highest BCUT2D eigenvalue weighted by Gasteiger charge is 2.23. The third-order valence-electron chi connectivity index (χ3n) is 4.31. The van der Waals surface area contributed by atoms with E-state index in [4.69, 9.17) is 21.1 Å². The van der Waals surface area contributed by atoms with Gasteiger partial charge in [-0.3, -0.25) is 9.59 Å². The Kier molecular flexibility index (Phi) is 5.23. The van der Waals surface area contributed by atoms with Crippen molar-refractivity contribution in [1.82, 2.24) is 4.98 Å². The first-order chi connectivity index (χ1) is 12.4. The van der Waals surface area contributed by atoms with Crippen LogP contribution in [0.1, 0.15) is 52.4 Å². The fourth-order valence-electron chi connectivity index (χ4n) is 3.17. The SMILES string of the molecule is CCc1c(C(=O)Nc2cc3c(cc2Cl)OCCCO3)[nH]c(C)c1C(C)=O. The number of ketones is 1. The van der Waals surface area contributed by atoms with Crippen LogP contribution in [0, 0.1) is 6.92 Å². The number of H-pyrrole nitrogens is 1. The van der Waals surface area contributed by atoms with Gasteiger partial charge in [-0.15, -0.1) is 0 Å². The van der Waals surface area contributed by atoms with Crippen molar-refractivity contribution in [3.63, 3.8) is 0 Å². The summed E-state index contributed by atoms with van der Waals surface area (Å²) >= 11 is 6.29. The lowest BCUT2D eigenvalue weighted by molar-refractivity contribution is 0.101. The molecule has 0 bridgehead atoms. The number of ether oxygens (including phenoxy) is 2. The molecule has 3 rings (SSSR count). The molecule has 2 heterocycles. The summed E-state index contributed by atoms with van der Waals surface area (Å²) in [4.78, 5) is 27.7. The number of fused-ring (bicyclic) bond motifs is 1. The summed E-state index contributed by atoms with van der Waals surface area (Å²) in [7, 11) is 0. The molecule has 2 N–H and O–H groups in total. The number of benzene rings is 1. The number of carbonyl (C=O) groups is 2. The van der Waals surface area contributed by atoms with E-state index in [9.17, 15) is 9.59 Å². The van der Waals surface area contributed by atoms with Gasteiger partial charge in [0.15, 0.2) is 17.3 Å². The Labute approximate surface area is 156 Å². The van der Waals surface area contributed by atoms with Crippen LogP contribution in [-0.4, -0.2) is 29.9 Å². The zero-order chi connectivity index (χ0) is 18.8. The second kappa shape index (κ2) is 7.41. The van der Waals surface area contributed by atoms with E-state index in [-0.39, 0.29) is 11.7 Å². The molecule has 138 valence electrons. The van der Waals surface area contributed by atoms with Crippen molar-refractivity contribution in [3.05, 3.63) is 39.7 Å². The quantitative estimate of drug-likeness (QED) is 0.785. The van der Waals surface area contributed by atoms with E-state index in [0.717, 1.165) is 6.42 Å². The van der Waals surface area contributed by atoms with E-state index in [1.165, 1.54) is 6.92 Å². The molecule has 0 unspecified atom stereocenters. The van der Waals surface area contributed by atoms with Crippen molar-refractivity contribution in [2.24, 2.45) is 0 Å². The van der Waals surface area contributed by atoms with Crippen LogP contribution in [0.2, 0.25) is 5.02 Å². The van der Waals surface area contributed by atoms with Crippen LogP contribution < -0.4 is 14.8 Å². The number of hydrogen-bond donors (Lipinski definition) is 2. The van der Waals surface area contributed by atoms with Gasteiger partial charge in [-0.05, 0) is 25.8 Å². The highest BCUT2D eigenvalue weighted by molar-refractivity contribution is 6.34. The molecule has 0 saturated carbocycles. The average Bonchev–Trinajstić information content (AvgIpc) is 2.77. The van der Waals surface area contributed by atoms with E-state index in [1.54, 1.807) is 19.1 Å². The number of rotatable bonds is 4. The fraction of sp³-hybridized carbons (Fsp3) is 0.368. The number of hydrogen-bond acceptors (Lipinski definition) is 4. The van der Waals surface area contributed by atoms with Crippen molar-refractivity contribution in [1.29, 1.82) is 0 Å². The molecular weight excluding hydrogens is 356 g/mol. The third kappa shape index (κ3) is 3.42. The standard InChI is InChI=1S/C19H21ClN2O4/c1-4-12-17(11(3)23)10(2)21-18(12)19(24)22-14-9-16-15(8-13(14)20)25-6-5-7-26-16/h8-9,21H,4-7H2,1-3H3,(H,22,24). The monoisotopic (exact) mass is 376 g/mol. The van der Waals surface area contributed by atoms with Gasteiger partial charge in [0.2, 0.25) is 0 Å². The molecule has 0 fully saturated rings. The summed E-state index contributed by atoms with van der Waals surface area (Å²) in [6.45, 7) is 6.29. The average molecular weight is 377 g/mol. The molecule has 6 nitrogen and oxygen atoms in total. The molecule has 1 amide bonds. The van der Waals surface area contributed by atoms with Crippen LogP contribution in [0.5, 0.6) is 11.5 Å². The van der Waals surface area contributed by atoms with E-state index in [0.29, 0.717) is 64.4 Å². The normalized spacial score (nSPS) is 13.2. The second-order valence-electron chi connectivity index (χ2n) is 6.17. The number of amides is 1. The molecular formula is C19H21ClN2O4. The van der Waals surface area contributed by atoms with Crippen molar-refractivity contribution >= 4 is 29.0 Å². The number of Topliss-reactive ketones (excluding diaryl/α,β-unsaturated/α-hetero) is 1. The highest BCUT2D eigenvalue weighted by atomic mass is 35.5. The molecule has 0 aliphatic carbocycles. The lowest BCUT2D eigenvalue weighted by Crippen LogP contribution is -2.15. The number of anilines is 1. The maximum absolute atomic E-state index is 12.8. The smallest absolute Gasteiger partial charge is 0.272 e. The second-order valence-corrected chi connectivity index (χ2v) is 6.58. The van der Waals surface area contributed by atoms with E-state index >= 15 is 0 Å². The molecule has 1 aromatic carbocycles. The van der Waals surface area contributed by atoms with Gasteiger partial charge < -0.3 is 19.8 Å². The predicted octanol–water partition coefficient (Wildman–Crippen LogP) is 4.16. The molecule has 26 heavy (non-hydrogen) atoms. The maximum Gasteiger partial charge on any atom is 0.272 e. The summed E-state index contributed by atoms with van der Waals surface area (Å²) < 4.78 is 11.2. The zero-order valence-corrected chi connectivity index (χ0v) is 15.8. The van der Waals surface area contributed by atoms with Crippen LogP contribution in [0.4, 0.5) is 5.69 Å². The predicted molar refractivity (Wildman–Crippen MR) is 99.9 cm³/mol. The van der Waals surface area contributed by atoms with Gasteiger partial charge in [-0.2, -0.15) is 0 Å². The molecule has 0 spiro atoms. The first kappa shape index (κ1) is 18.3. The largest absolute Gasteiger partial charge is 0.490 e. The first-order valence-electron chi connectivity index (χ1n) is 8.55. The van der Waals surface area contributed by atoms with E-state index in [1.807, 2.05) is 6.92 Å². The maximum atomic E-state index is 12.8. The van der Waals surface area contributed by atoms with Crippen LogP contribution in [-0.2, 0) is 6.42 Å². The minimum atomic E-state index is -0.353. The number of nitrogens with one attached hydrogen (secondary N) is 2. The van der Waals surface area contributed by atoms with Gasteiger partial charge in [-0.1, -0.05) is 18.5 Å². The molecule has 1 aromatic heterocycles. The Morgan fingerprint density at radius 3 is 2.50 bits per heavy atom. The molecule has 0 radical (unpaired) electrons. The number of aromatic amines is 1. The zero-order valence-electron chi connectivity index (χ0n) is 15.0. The van der Waals surface area contributed by atoms with Crippen LogP contribution in [0.25, 0.3) is 0 Å². The topological polar surface area (TPSA) is 80.4 Å². The minimum Gasteiger partial charge on any atom is -0.490 e. The van der Waals surface area contributed by atoms with Gasteiger partial charge >= 0.3 is 0 Å². The van der Waals surface area contributed by atoms with Crippen molar-refractivity contribution in [3.8, 4) is 11.5 Å². The summed E-state index contributed by atoms with van der Waals surface area (Å²) in [6.07, 6.45) is 1.35. The van der Waals surface area contributed by atoms with Gasteiger partial charge in [0.25, 0.3) is 5.91 Å². The number of aryl methyl sites for hydroxylation is 1.